The van der Waals surface area contributed by atoms with Crippen molar-refractivity contribution in [3.63, 3.8) is 0 Å². The highest BCUT2D eigenvalue weighted by atomic mass is 16.6. The quantitative estimate of drug-likeness (QED) is 0.893. The number of carbonyl (C=O) groups excluding carboxylic acids is 2. The maximum Gasteiger partial charge on any atom is 0.254 e. The predicted molar refractivity (Wildman–Crippen MR) is 103 cm³/mol. The van der Waals surface area contributed by atoms with E-state index in [9.17, 15) is 9.59 Å². The number of hydrogen-bond donors (Lipinski definition) is 1. The second-order valence-electron chi connectivity index (χ2n) is 7.38. The molecule has 2 amide bonds. The first-order valence-corrected chi connectivity index (χ1v) is 9.42. The summed E-state index contributed by atoms with van der Waals surface area (Å²) in [4.78, 5) is 26.5. The fourth-order valence-corrected chi connectivity index (χ4v) is 4.34. The summed E-state index contributed by atoms with van der Waals surface area (Å²) in [5.74, 6) is 0.905. The molecule has 0 radical (unpaired) electrons. The highest BCUT2D eigenvalue weighted by Crippen LogP contribution is 2.43. The summed E-state index contributed by atoms with van der Waals surface area (Å²) < 4.78 is 11.1. The van der Waals surface area contributed by atoms with E-state index < -0.39 is 5.91 Å². The summed E-state index contributed by atoms with van der Waals surface area (Å²) >= 11 is 0. The molecular weight excluding hydrogens is 356 g/mol. The van der Waals surface area contributed by atoms with Crippen LogP contribution in [0.1, 0.15) is 39.1 Å². The molecule has 0 spiro atoms. The summed E-state index contributed by atoms with van der Waals surface area (Å²) in [6.45, 7) is 1.65. The van der Waals surface area contributed by atoms with Gasteiger partial charge in [0.05, 0.1) is 0 Å². The van der Waals surface area contributed by atoms with Gasteiger partial charge in [0.25, 0.3) is 5.91 Å². The topological polar surface area (TPSA) is 81.9 Å². The van der Waals surface area contributed by atoms with E-state index in [1.54, 1.807) is 24.3 Å². The van der Waals surface area contributed by atoms with Gasteiger partial charge in [-0.1, -0.05) is 12.1 Å². The minimum Gasteiger partial charge on any atom is -0.486 e. The Kier molecular flexibility index (Phi) is 3.86. The van der Waals surface area contributed by atoms with Crippen molar-refractivity contribution in [2.75, 3.05) is 19.8 Å². The predicted octanol–water partition coefficient (Wildman–Crippen LogP) is 2.63. The molecule has 2 aliphatic heterocycles. The van der Waals surface area contributed by atoms with E-state index in [-0.39, 0.29) is 11.9 Å². The Balaban J connectivity index is 1.39. The molecule has 0 aromatic heterocycles. The Hall–Kier alpha value is -3.28. The van der Waals surface area contributed by atoms with E-state index in [0.29, 0.717) is 42.4 Å². The van der Waals surface area contributed by atoms with Crippen molar-refractivity contribution in [1.82, 2.24) is 4.90 Å². The maximum absolute atomic E-state index is 13.1. The molecular formula is C22H20N2O4. The van der Waals surface area contributed by atoms with Crippen LogP contribution in [0.5, 0.6) is 11.5 Å². The molecule has 28 heavy (non-hydrogen) atoms. The zero-order valence-corrected chi connectivity index (χ0v) is 15.3. The van der Waals surface area contributed by atoms with Crippen LogP contribution in [0.3, 0.4) is 0 Å². The lowest BCUT2D eigenvalue weighted by atomic mass is 9.97. The van der Waals surface area contributed by atoms with Crippen LogP contribution >= 0.6 is 0 Å². The number of hydrogen-bond acceptors (Lipinski definition) is 4. The molecule has 2 aromatic carbocycles. The van der Waals surface area contributed by atoms with E-state index in [0.717, 1.165) is 18.4 Å². The van der Waals surface area contributed by atoms with Crippen molar-refractivity contribution in [2.24, 2.45) is 5.73 Å². The lowest BCUT2D eigenvalue weighted by Gasteiger charge is -2.28. The minimum absolute atomic E-state index is 0.0157. The zero-order valence-electron chi connectivity index (χ0n) is 15.3. The summed E-state index contributed by atoms with van der Waals surface area (Å²) in [7, 11) is 0. The molecule has 2 N–H and O–H groups in total. The fourth-order valence-electron chi connectivity index (χ4n) is 4.34. The number of ether oxygens (including phenoxy) is 2. The number of amides is 2. The van der Waals surface area contributed by atoms with Gasteiger partial charge < -0.3 is 20.1 Å². The van der Waals surface area contributed by atoms with Gasteiger partial charge in [0, 0.05) is 23.7 Å². The first kappa shape index (κ1) is 16.9. The van der Waals surface area contributed by atoms with Crippen LogP contribution < -0.4 is 15.2 Å². The van der Waals surface area contributed by atoms with Gasteiger partial charge in [0.15, 0.2) is 11.5 Å². The summed E-state index contributed by atoms with van der Waals surface area (Å²) in [6, 6.07) is 13.0. The Morgan fingerprint density at radius 1 is 0.964 bits per heavy atom. The standard InChI is InChI=1S/C22H20N2O4/c23-21(25)14-3-1-2-13(8-14)18-11-17-9-16(18)12-24(17)22(26)15-4-5-19-20(10-15)28-7-6-27-19/h1-5,8,10,17H,6-7,9,11-12H2,(H2,23,25). The minimum atomic E-state index is -0.425. The molecule has 0 saturated carbocycles. The molecule has 1 unspecified atom stereocenters. The smallest absolute Gasteiger partial charge is 0.254 e. The van der Waals surface area contributed by atoms with Crippen LogP contribution in [0.25, 0.3) is 5.57 Å². The van der Waals surface area contributed by atoms with E-state index in [1.807, 2.05) is 23.1 Å². The van der Waals surface area contributed by atoms with Gasteiger partial charge >= 0.3 is 0 Å². The van der Waals surface area contributed by atoms with Crippen molar-refractivity contribution < 1.29 is 19.1 Å². The summed E-state index contributed by atoms with van der Waals surface area (Å²) in [6.07, 6.45) is 1.68. The maximum atomic E-state index is 13.1. The van der Waals surface area contributed by atoms with Gasteiger partial charge in [-0.3, -0.25) is 9.59 Å². The third kappa shape index (κ3) is 2.72. The van der Waals surface area contributed by atoms with Gasteiger partial charge in [-0.2, -0.15) is 0 Å². The van der Waals surface area contributed by atoms with Gasteiger partial charge in [-0.25, -0.2) is 0 Å². The molecule has 6 heteroatoms. The fraction of sp³-hybridized carbons (Fsp3) is 0.273. The lowest BCUT2D eigenvalue weighted by Crippen LogP contribution is -2.37. The van der Waals surface area contributed by atoms with Crippen LogP contribution in [0, 0.1) is 0 Å². The monoisotopic (exact) mass is 376 g/mol. The van der Waals surface area contributed by atoms with Crippen molar-refractivity contribution in [2.45, 2.75) is 18.9 Å². The molecule has 5 rings (SSSR count). The number of nitrogens with zero attached hydrogens (tertiary/aromatic N) is 1. The van der Waals surface area contributed by atoms with Crippen LogP contribution in [0.2, 0.25) is 0 Å². The van der Waals surface area contributed by atoms with Crippen LogP contribution in [-0.4, -0.2) is 42.5 Å². The van der Waals surface area contributed by atoms with Crippen molar-refractivity contribution >= 4 is 17.4 Å². The Morgan fingerprint density at radius 3 is 2.54 bits per heavy atom. The van der Waals surface area contributed by atoms with Crippen molar-refractivity contribution in [1.29, 1.82) is 0 Å². The molecule has 2 heterocycles. The largest absolute Gasteiger partial charge is 0.486 e. The first-order chi connectivity index (χ1) is 13.6. The third-order valence-corrected chi connectivity index (χ3v) is 5.70. The van der Waals surface area contributed by atoms with Crippen LogP contribution in [-0.2, 0) is 0 Å². The number of rotatable bonds is 3. The average Bonchev–Trinajstić information content (AvgIpc) is 3.34. The number of nitrogens with two attached hydrogens (primary N) is 1. The highest BCUT2D eigenvalue weighted by Gasteiger charge is 2.40. The van der Waals surface area contributed by atoms with E-state index >= 15 is 0 Å². The SMILES string of the molecule is NC(=O)c1cccc(C2=C3CC(C2)N(C(=O)c2ccc4c(c2)OCCO4)C3)c1. The van der Waals surface area contributed by atoms with Crippen LogP contribution in [0.15, 0.2) is 48.0 Å². The summed E-state index contributed by atoms with van der Waals surface area (Å²) in [5, 5.41) is 0. The van der Waals surface area contributed by atoms with Gasteiger partial charge in [-0.15, -0.1) is 0 Å². The highest BCUT2D eigenvalue weighted by molar-refractivity contribution is 5.97. The Labute approximate surface area is 162 Å². The Morgan fingerprint density at radius 2 is 1.79 bits per heavy atom. The van der Waals surface area contributed by atoms with Crippen LogP contribution in [0.4, 0.5) is 0 Å². The van der Waals surface area contributed by atoms with E-state index in [1.165, 1.54) is 11.1 Å². The second kappa shape index (κ2) is 6.41. The Bertz CT molecular complexity index is 1030. The molecule has 6 nitrogen and oxygen atoms in total. The number of benzene rings is 2. The first-order valence-electron chi connectivity index (χ1n) is 9.42. The van der Waals surface area contributed by atoms with Gasteiger partial charge in [-0.05, 0) is 59.9 Å². The number of primary amides is 1. The molecule has 2 aromatic rings. The summed E-state index contributed by atoms with van der Waals surface area (Å²) in [5.41, 5.74) is 10.1. The van der Waals surface area contributed by atoms with E-state index in [2.05, 4.69) is 0 Å². The van der Waals surface area contributed by atoms with Gasteiger partial charge in [0.1, 0.15) is 13.2 Å². The average molecular weight is 376 g/mol. The third-order valence-electron chi connectivity index (χ3n) is 5.70. The van der Waals surface area contributed by atoms with E-state index in [4.69, 9.17) is 15.2 Å². The molecule has 142 valence electrons. The normalized spacial score (nSPS) is 19.9. The number of fused-ring (bicyclic) bond motifs is 3. The number of carbonyl (C=O) groups is 2. The second-order valence-corrected chi connectivity index (χ2v) is 7.38. The lowest BCUT2D eigenvalue weighted by molar-refractivity contribution is 0.0737. The molecule has 1 fully saturated rings. The molecule has 3 aliphatic rings. The van der Waals surface area contributed by atoms with Gasteiger partial charge in [0.2, 0.25) is 5.91 Å². The molecule has 2 bridgehead atoms. The number of likely N-dealkylation sites (tertiary alicyclic amines) is 1. The molecule has 1 aliphatic carbocycles. The zero-order chi connectivity index (χ0) is 19.3. The van der Waals surface area contributed by atoms with Crippen molar-refractivity contribution in [3.05, 3.63) is 64.7 Å². The molecule has 1 saturated heterocycles. The molecule has 1 atom stereocenters. The van der Waals surface area contributed by atoms with Crippen molar-refractivity contribution in [3.8, 4) is 11.5 Å².